The van der Waals surface area contributed by atoms with Crippen LogP contribution in [0.5, 0.6) is 5.75 Å². The topological polar surface area (TPSA) is 55.8 Å². The van der Waals surface area contributed by atoms with Crippen molar-refractivity contribution >= 4 is 18.1 Å². The number of carbonyl (C=O) groups excluding carboxylic acids is 2. The van der Waals surface area contributed by atoms with Gasteiger partial charge in [-0.25, -0.2) is 4.79 Å². The Labute approximate surface area is 143 Å². The third-order valence-corrected chi connectivity index (χ3v) is 3.58. The Morgan fingerprint density at radius 1 is 1.08 bits per heavy atom. The quantitative estimate of drug-likeness (QED) is 0.477. The number of hydrogen-bond acceptors (Lipinski definition) is 4. The second-order valence-electron chi connectivity index (χ2n) is 6.82. The molecule has 0 bridgehead atoms. The highest BCUT2D eigenvalue weighted by molar-refractivity contribution is 5.92. The molecule has 24 heavy (non-hydrogen) atoms. The number of amides is 1. The number of piperidine rings is 1. The maximum absolute atomic E-state index is 12.2. The summed E-state index contributed by atoms with van der Waals surface area (Å²) in [5.41, 5.74) is 0.0419. The molecule has 5 nitrogen and oxygen atoms in total. The van der Waals surface area contributed by atoms with Gasteiger partial charge >= 0.3 is 6.16 Å². The predicted octanol–water partition coefficient (Wildman–Crippen LogP) is 4.03. The highest BCUT2D eigenvalue weighted by atomic mass is 16.7. The van der Waals surface area contributed by atoms with E-state index in [9.17, 15) is 9.59 Å². The molecule has 1 heterocycles. The number of hydrogen-bond donors (Lipinski definition) is 0. The van der Waals surface area contributed by atoms with Crippen molar-refractivity contribution in [3.63, 3.8) is 0 Å². The second-order valence-corrected chi connectivity index (χ2v) is 6.82. The fourth-order valence-corrected chi connectivity index (χ4v) is 2.45. The summed E-state index contributed by atoms with van der Waals surface area (Å²) in [6.07, 6.45) is 5.74. The molecule has 1 amide bonds. The van der Waals surface area contributed by atoms with Crippen LogP contribution in [0.3, 0.4) is 0 Å². The van der Waals surface area contributed by atoms with E-state index >= 15 is 0 Å². The van der Waals surface area contributed by atoms with E-state index in [1.165, 1.54) is 12.5 Å². The van der Waals surface area contributed by atoms with E-state index in [-0.39, 0.29) is 5.91 Å². The molecule has 1 aromatic rings. The molecule has 1 aromatic carbocycles. The number of nitrogens with zero attached hydrogens (tertiary/aromatic N) is 1. The Morgan fingerprint density at radius 3 is 2.42 bits per heavy atom. The number of para-hydroxylation sites is 1. The number of rotatable bonds is 3. The highest BCUT2D eigenvalue weighted by Crippen LogP contribution is 2.21. The van der Waals surface area contributed by atoms with Gasteiger partial charge in [0.25, 0.3) is 0 Å². The molecule has 1 fully saturated rings. The zero-order valence-electron chi connectivity index (χ0n) is 14.6. The summed E-state index contributed by atoms with van der Waals surface area (Å²) in [5, 5.41) is 0. The average Bonchev–Trinajstić information content (AvgIpc) is 2.53. The van der Waals surface area contributed by atoms with Crippen molar-refractivity contribution in [2.75, 3.05) is 13.1 Å². The number of carbonyl (C=O) groups is 2. The monoisotopic (exact) mass is 331 g/mol. The van der Waals surface area contributed by atoms with E-state index in [0.29, 0.717) is 11.3 Å². The third kappa shape index (κ3) is 5.72. The molecular formula is C19H25NO4. The Hall–Kier alpha value is -2.30. The van der Waals surface area contributed by atoms with Crippen molar-refractivity contribution in [2.24, 2.45) is 0 Å². The van der Waals surface area contributed by atoms with Gasteiger partial charge in [0, 0.05) is 24.7 Å². The second kappa shape index (κ2) is 7.99. The van der Waals surface area contributed by atoms with Crippen molar-refractivity contribution in [3.8, 4) is 5.75 Å². The van der Waals surface area contributed by atoms with Crippen molar-refractivity contribution in [1.82, 2.24) is 4.90 Å². The van der Waals surface area contributed by atoms with Crippen LogP contribution < -0.4 is 4.74 Å². The normalized spacial score (nSPS) is 15.4. The maximum atomic E-state index is 12.2. The number of ether oxygens (including phenoxy) is 2. The van der Waals surface area contributed by atoms with Gasteiger partial charge in [-0.15, -0.1) is 0 Å². The summed E-state index contributed by atoms with van der Waals surface area (Å²) in [6, 6.07) is 7.06. The van der Waals surface area contributed by atoms with Crippen molar-refractivity contribution in [3.05, 3.63) is 35.9 Å². The Morgan fingerprint density at radius 2 is 1.75 bits per heavy atom. The Bertz CT molecular complexity index is 610. The van der Waals surface area contributed by atoms with Crippen LogP contribution in [0, 0.1) is 0 Å². The first-order valence-corrected chi connectivity index (χ1v) is 8.32. The molecule has 0 aliphatic carbocycles. The van der Waals surface area contributed by atoms with Gasteiger partial charge in [0.05, 0.1) is 0 Å². The van der Waals surface area contributed by atoms with Crippen molar-refractivity contribution in [2.45, 2.75) is 45.6 Å². The summed E-state index contributed by atoms with van der Waals surface area (Å²) < 4.78 is 10.4. The highest BCUT2D eigenvalue weighted by Gasteiger charge is 2.19. The van der Waals surface area contributed by atoms with Gasteiger partial charge in [-0.1, -0.05) is 18.2 Å². The molecule has 1 saturated heterocycles. The summed E-state index contributed by atoms with van der Waals surface area (Å²) >= 11 is 0. The molecular weight excluding hydrogens is 306 g/mol. The van der Waals surface area contributed by atoms with Gasteiger partial charge in [0.2, 0.25) is 5.91 Å². The van der Waals surface area contributed by atoms with E-state index in [0.717, 1.165) is 25.9 Å². The van der Waals surface area contributed by atoms with Crippen LogP contribution in [-0.2, 0) is 9.53 Å². The van der Waals surface area contributed by atoms with Gasteiger partial charge in [-0.3, -0.25) is 4.79 Å². The fourth-order valence-electron chi connectivity index (χ4n) is 2.45. The van der Waals surface area contributed by atoms with E-state index in [2.05, 4.69) is 0 Å². The molecule has 0 spiro atoms. The van der Waals surface area contributed by atoms with Gasteiger partial charge in [0.1, 0.15) is 11.4 Å². The third-order valence-electron chi connectivity index (χ3n) is 3.58. The first kappa shape index (κ1) is 18.0. The van der Waals surface area contributed by atoms with Gasteiger partial charge in [-0.2, -0.15) is 0 Å². The minimum absolute atomic E-state index is 0.0122. The van der Waals surface area contributed by atoms with Gasteiger partial charge in [-0.05, 0) is 52.2 Å². The standard InChI is InChI=1S/C19H25NO4/c1-19(2,3)24-18(22)23-16-10-6-5-9-15(16)11-12-17(21)20-13-7-4-8-14-20/h5-6,9-12H,4,7-8,13-14H2,1-3H3. The van der Waals surface area contributed by atoms with Crippen LogP contribution in [0.1, 0.15) is 45.6 Å². The first-order chi connectivity index (χ1) is 11.3. The van der Waals surface area contributed by atoms with E-state index in [1.807, 2.05) is 11.0 Å². The lowest BCUT2D eigenvalue weighted by Crippen LogP contribution is -2.34. The Kier molecular flexibility index (Phi) is 6.01. The van der Waals surface area contributed by atoms with Crippen LogP contribution in [-0.4, -0.2) is 35.7 Å². The maximum Gasteiger partial charge on any atom is 0.514 e. The molecule has 0 unspecified atom stereocenters. The first-order valence-electron chi connectivity index (χ1n) is 8.32. The van der Waals surface area contributed by atoms with Gasteiger partial charge < -0.3 is 14.4 Å². The van der Waals surface area contributed by atoms with E-state index in [4.69, 9.17) is 9.47 Å². The van der Waals surface area contributed by atoms with E-state index < -0.39 is 11.8 Å². The molecule has 0 atom stereocenters. The lowest BCUT2D eigenvalue weighted by molar-refractivity contribution is -0.126. The molecule has 0 N–H and O–H groups in total. The SMILES string of the molecule is CC(C)(C)OC(=O)Oc1ccccc1C=CC(=O)N1CCCCC1. The molecule has 1 aliphatic heterocycles. The van der Waals surface area contributed by atoms with Crippen molar-refractivity contribution < 1.29 is 19.1 Å². The van der Waals surface area contributed by atoms with E-state index in [1.54, 1.807) is 45.0 Å². The minimum Gasteiger partial charge on any atom is -0.428 e. The summed E-state index contributed by atoms with van der Waals surface area (Å²) in [5.74, 6) is 0.358. The lowest BCUT2D eigenvalue weighted by Gasteiger charge is -2.25. The summed E-state index contributed by atoms with van der Waals surface area (Å²) in [6.45, 7) is 6.94. The lowest BCUT2D eigenvalue weighted by atomic mass is 10.1. The fraction of sp³-hybridized carbons (Fsp3) is 0.474. The molecule has 130 valence electrons. The molecule has 0 aromatic heterocycles. The predicted molar refractivity (Wildman–Crippen MR) is 92.8 cm³/mol. The zero-order chi connectivity index (χ0) is 17.6. The minimum atomic E-state index is -0.759. The van der Waals surface area contributed by atoms with Crippen molar-refractivity contribution in [1.29, 1.82) is 0 Å². The molecule has 5 heteroatoms. The average molecular weight is 331 g/mol. The largest absolute Gasteiger partial charge is 0.514 e. The molecule has 2 rings (SSSR count). The molecule has 0 radical (unpaired) electrons. The van der Waals surface area contributed by atoms with Crippen LogP contribution in [0.4, 0.5) is 4.79 Å². The smallest absolute Gasteiger partial charge is 0.428 e. The zero-order valence-corrected chi connectivity index (χ0v) is 14.6. The number of benzene rings is 1. The van der Waals surface area contributed by atoms with Crippen LogP contribution in [0.15, 0.2) is 30.3 Å². The van der Waals surface area contributed by atoms with Crippen LogP contribution in [0.25, 0.3) is 6.08 Å². The summed E-state index contributed by atoms with van der Waals surface area (Å²) in [4.78, 5) is 25.9. The van der Waals surface area contributed by atoms with Crippen LogP contribution >= 0.6 is 0 Å². The Balaban J connectivity index is 2.04. The number of likely N-dealkylation sites (tertiary alicyclic amines) is 1. The van der Waals surface area contributed by atoms with Gasteiger partial charge in [0.15, 0.2) is 0 Å². The summed E-state index contributed by atoms with van der Waals surface area (Å²) in [7, 11) is 0. The van der Waals surface area contributed by atoms with Crippen LogP contribution in [0.2, 0.25) is 0 Å². The molecule has 0 saturated carbocycles. The molecule has 1 aliphatic rings.